The summed E-state index contributed by atoms with van der Waals surface area (Å²) in [4.78, 5) is 21.9. The van der Waals surface area contributed by atoms with Crippen molar-refractivity contribution in [3.05, 3.63) is 0 Å². The van der Waals surface area contributed by atoms with Gasteiger partial charge in [0.05, 0.1) is 13.2 Å². The van der Waals surface area contributed by atoms with E-state index in [2.05, 4.69) is 13.8 Å². The summed E-state index contributed by atoms with van der Waals surface area (Å²) in [6.45, 7) is 7.99. The van der Waals surface area contributed by atoms with Crippen molar-refractivity contribution in [2.75, 3.05) is 13.2 Å². The molecule has 0 saturated heterocycles. The van der Waals surface area contributed by atoms with E-state index in [4.69, 9.17) is 9.47 Å². The summed E-state index contributed by atoms with van der Waals surface area (Å²) < 4.78 is 9.72. The summed E-state index contributed by atoms with van der Waals surface area (Å²) in [6.07, 6.45) is 34.2. The third-order valence-electron chi connectivity index (χ3n) is 8.15. The first kappa shape index (κ1) is 49.0. The minimum absolute atomic E-state index is 0. The van der Waals surface area contributed by atoms with E-state index >= 15 is 0 Å². The van der Waals surface area contributed by atoms with Gasteiger partial charge in [0.2, 0.25) is 0 Å². The molecular formula is C38H74MgO6. The van der Waals surface area contributed by atoms with E-state index in [0.29, 0.717) is 13.2 Å². The second kappa shape index (κ2) is 41.6. The van der Waals surface area contributed by atoms with Crippen LogP contribution in [0.2, 0.25) is 0 Å². The van der Waals surface area contributed by atoms with Gasteiger partial charge in [0, 0.05) is 0 Å². The summed E-state index contributed by atoms with van der Waals surface area (Å²) in [5.41, 5.74) is 0. The first-order valence-corrected chi connectivity index (χ1v) is 19.0. The van der Waals surface area contributed by atoms with E-state index in [1.54, 1.807) is 0 Å². The van der Waals surface area contributed by atoms with Gasteiger partial charge in [-0.25, -0.2) is 0 Å². The van der Waals surface area contributed by atoms with E-state index in [-0.39, 0.29) is 23.1 Å². The van der Waals surface area contributed by atoms with Crippen molar-refractivity contribution in [1.82, 2.24) is 0 Å². The fourth-order valence-corrected chi connectivity index (χ4v) is 5.17. The van der Waals surface area contributed by atoms with Crippen LogP contribution in [0.3, 0.4) is 0 Å². The van der Waals surface area contributed by atoms with E-state index < -0.39 is 24.1 Å². The Morgan fingerprint density at radius 2 is 0.578 bits per heavy atom. The molecule has 0 bridgehead atoms. The van der Waals surface area contributed by atoms with Crippen molar-refractivity contribution in [1.29, 1.82) is 0 Å². The molecule has 264 valence electrons. The van der Waals surface area contributed by atoms with Crippen molar-refractivity contribution in [2.45, 2.75) is 220 Å². The van der Waals surface area contributed by atoms with E-state index in [1.807, 2.05) is 0 Å². The van der Waals surface area contributed by atoms with Gasteiger partial charge in [0.25, 0.3) is 11.9 Å². The van der Waals surface area contributed by atoms with Crippen LogP contribution in [-0.2, 0) is 19.1 Å². The molecule has 0 aliphatic rings. The molecule has 0 saturated carbocycles. The smallest absolute Gasteiger partial charge is 0.844 e. The molecule has 2 atom stereocenters. The average Bonchev–Trinajstić information content (AvgIpc) is 3.01. The van der Waals surface area contributed by atoms with Gasteiger partial charge in [-0.3, -0.25) is 9.59 Å². The normalized spacial score (nSPS) is 12.0. The number of esters is 2. The van der Waals surface area contributed by atoms with Gasteiger partial charge in [-0.1, -0.05) is 195 Å². The third-order valence-corrected chi connectivity index (χ3v) is 8.15. The van der Waals surface area contributed by atoms with Crippen molar-refractivity contribution in [3.63, 3.8) is 0 Å². The predicted octanol–water partition coefficient (Wildman–Crippen LogP) is 9.14. The zero-order valence-corrected chi connectivity index (χ0v) is 31.9. The molecule has 0 spiro atoms. The summed E-state index contributed by atoms with van der Waals surface area (Å²) in [7, 11) is 0. The Kier molecular flexibility index (Phi) is 45.4. The zero-order chi connectivity index (χ0) is 32.9. The summed E-state index contributed by atoms with van der Waals surface area (Å²) in [5.74, 6) is -1.23. The average molecular weight is 651 g/mol. The molecule has 0 rings (SSSR count). The molecule has 0 aromatic heterocycles. The second-order valence-electron chi connectivity index (χ2n) is 12.8. The van der Waals surface area contributed by atoms with E-state index in [9.17, 15) is 19.8 Å². The van der Waals surface area contributed by atoms with Crippen molar-refractivity contribution in [3.8, 4) is 0 Å². The Hall–Kier alpha value is -0.374. The summed E-state index contributed by atoms with van der Waals surface area (Å²) in [6, 6.07) is 0. The number of rotatable bonds is 32. The largest absolute Gasteiger partial charge is 2.00 e. The number of carbonyl (C=O) groups excluding carboxylic acids is 2. The van der Waals surface area contributed by atoms with Crippen LogP contribution in [0.4, 0.5) is 0 Å². The molecule has 0 N–H and O–H groups in total. The van der Waals surface area contributed by atoms with Crippen LogP contribution >= 0.6 is 0 Å². The van der Waals surface area contributed by atoms with Crippen LogP contribution in [0.15, 0.2) is 0 Å². The maximum absolute atomic E-state index is 10.9. The quantitative estimate of drug-likeness (QED) is 0.0409. The Bertz CT molecular complexity index is 535. The maximum Gasteiger partial charge on any atom is 2.00 e. The zero-order valence-electron chi connectivity index (χ0n) is 30.5. The van der Waals surface area contributed by atoms with Crippen LogP contribution in [0, 0.1) is 0 Å². The number of ether oxygens (including phenoxy) is 2. The first-order valence-electron chi connectivity index (χ1n) is 19.0. The predicted molar refractivity (Wildman–Crippen MR) is 187 cm³/mol. The van der Waals surface area contributed by atoms with Crippen LogP contribution in [-0.4, -0.2) is 60.4 Å². The van der Waals surface area contributed by atoms with Crippen LogP contribution in [0.5, 0.6) is 0 Å². The summed E-state index contributed by atoms with van der Waals surface area (Å²) >= 11 is 0. The van der Waals surface area contributed by atoms with Crippen molar-refractivity contribution in [2.24, 2.45) is 0 Å². The molecule has 0 heterocycles. The summed E-state index contributed by atoms with van der Waals surface area (Å²) in [5, 5.41) is 21.5. The Balaban J connectivity index is -0.000000767. The fourth-order valence-electron chi connectivity index (χ4n) is 5.17. The minimum atomic E-state index is -1.24. The number of unbranched alkanes of at least 4 members (excludes halogenated alkanes) is 26. The number of carbonyl (C=O) groups is 2. The fraction of sp³-hybridized carbons (Fsp3) is 0.947. The molecule has 0 aliphatic heterocycles. The Labute approximate surface area is 296 Å². The molecule has 45 heavy (non-hydrogen) atoms. The monoisotopic (exact) mass is 651 g/mol. The molecule has 0 amide bonds. The van der Waals surface area contributed by atoms with Gasteiger partial charge in [0.1, 0.15) is 0 Å². The van der Waals surface area contributed by atoms with Gasteiger partial charge in [-0.05, 0) is 25.0 Å². The van der Waals surface area contributed by atoms with Gasteiger partial charge >= 0.3 is 23.1 Å². The molecule has 0 aromatic rings. The van der Waals surface area contributed by atoms with Gasteiger partial charge in [-0.2, -0.15) is 0 Å². The van der Waals surface area contributed by atoms with Gasteiger partial charge in [-0.15, -0.1) is 0 Å². The van der Waals surface area contributed by atoms with Gasteiger partial charge in [0.15, 0.2) is 0 Å². The molecule has 0 fully saturated rings. The van der Waals surface area contributed by atoms with Crippen LogP contribution in [0.1, 0.15) is 207 Å². The van der Waals surface area contributed by atoms with E-state index in [1.165, 1.54) is 168 Å². The molecule has 0 radical (unpaired) electrons. The van der Waals surface area contributed by atoms with Crippen LogP contribution < -0.4 is 10.2 Å². The Morgan fingerprint density at radius 1 is 0.400 bits per heavy atom. The molecule has 7 heteroatoms. The molecule has 6 nitrogen and oxygen atoms in total. The van der Waals surface area contributed by atoms with Crippen molar-refractivity contribution < 1.29 is 29.3 Å². The SMILES string of the molecule is CCCCCCCCCCCCCCCCOC(=O)C(C)[O-].CCCCCCCCCCCCCCCCOC(=O)C(C)[O-].[Mg+2]. The second-order valence-corrected chi connectivity index (χ2v) is 12.8. The maximum atomic E-state index is 10.9. The number of hydrogen-bond acceptors (Lipinski definition) is 6. The van der Waals surface area contributed by atoms with Gasteiger partial charge < -0.3 is 19.7 Å². The first-order chi connectivity index (χ1) is 21.4. The minimum Gasteiger partial charge on any atom is -0.844 e. The molecule has 0 aromatic carbocycles. The molecule has 2 unspecified atom stereocenters. The standard InChI is InChI=1S/2C19H37O3.Mg/c2*1-3-4-5-6-7-8-9-10-11-12-13-14-15-16-17-22-19(21)18(2)20;/h2*18H,3-17H2,1-2H3;/q2*-1;+2. The van der Waals surface area contributed by atoms with E-state index in [0.717, 1.165) is 25.7 Å². The third kappa shape index (κ3) is 43.6. The molecule has 0 aliphatic carbocycles. The Morgan fingerprint density at radius 3 is 0.756 bits per heavy atom. The van der Waals surface area contributed by atoms with Crippen molar-refractivity contribution >= 4 is 35.0 Å². The molecular weight excluding hydrogens is 577 g/mol. The topological polar surface area (TPSA) is 98.7 Å². The van der Waals surface area contributed by atoms with Crippen LogP contribution in [0.25, 0.3) is 0 Å². The number of hydrogen-bond donors (Lipinski definition) is 0.